The summed E-state index contributed by atoms with van der Waals surface area (Å²) in [5.74, 6) is 7.81. The van der Waals surface area contributed by atoms with E-state index in [4.69, 9.17) is 4.98 Å². The van der Waals surface area contributed by atoms with Gasteiger partial charge in [0, 0.05) is 11.8 Å². The van der Waals surface area contributed by atoms with Crippen LogP contribution in [0.1, 0.15) is 68.4 Å². The monoisotopic (exact) mass is 243 g/mol. The molecule has 4 fully saturated rings. The smallest absolute Gasteiger partial charge is 0.153 e. The van der Waals surface area contributed by atoms with Crippen LogP contribution in [0, 0.1) is 23.7 Å². The Morgan fingerprint density at radius 2 is 1.67 bits per heavy atom. The van der Waals surface area contributed by atoms with Crippen LogP contribution < -0.4 is 0 Å². The van der Waals surface area contributed by atoms with Gasteiger partial charge in [-0.05, 0) is 55.8 Å². The number of aromatic nitrogens is 3. The van der Waals surface area contributed by atoms with Crippen molar-refractivity contribution in [3.8, 4) is 0 Å². The van der Waals surface area contributed by atoms with E-state index in [9.17, 15) is 0 Å². The van der Waals surface area contributed by atoms with Crippen molar-refractivity contribution in [2.75, 3.05) is 0 Å². The number of hydrogen-bond donors (Lipinski definition) is 1. The Morgan fingerprint density at radius 1 is 0.944 bits per heavy atom. The maximum absolute atomic E-state index is 4.87. The van der Waals surface area contributed by atoms with Gasteiger partial charge in [-0.15, -0.1) is 0 Å². The molecule has 2 bridgehead atoms. The molecule has 4 atom stereocenters. The molecule has 96 valence electrons. The van der Waals surface area contributed by atoms with Gasteiger partial charge in [-0.25, -0.2) is 4.98 Å². The lowest BCUT2D eigenvalue weighted by Gasteiger charge is -2.05. The Hall–Kier alpha value is -0.860. The normalized spacial score (nSPS) is 45.7. The Kier molecular flexibility index (Phi) is 1.87. The zero-order chi connectivity index (χ0) is 11.7. The molecule has 4 unspecified atom stereocenters. The summed E-state index contributed by atoms with van der Waals surface area (Å²) in [7, 11) is 0. The van der Waals surface area contributed by atoms with Gasteiger partial charge in [0.15, 0.2) is 5.82 Å². The van der Waals surface area contributed by atoms with E-state index in [2.05, 4.69) is 10.2 Å². The van der Waals surface area contributed by atoms with Crippen molar-refractivity contribution in [3.05, 3.63) is 11.6 Å². The molecular formula is C15H21N3. The predicted octanol–water partition coefficient (Wildman–Crippen LogP) is 3.22. The first kappa shape index (κ1) is 9.99. The SMILES string of the molecule is C1CCC(c2n[nH]c(C3C4C5CCC(C5)C34)n2)C1. The van der Waals surface area contributed by atoms with Gasteiger partial charge >= 0.3 is 0 Å². The molecule has 0 aromatic carbocycles. The fourth-order valence-corrected chi connectivity index (χ4v) is 5.49. The zero-order valence-corrected chi connectivity index (χ0v) is 10.8. The summed E-state index contributed by atoms with van der Waals surface area (Å²) >= 11 is 0. The number of hydrogen-bond acceptors (Lipinski definition) is 2. The lowest BCUT2D eigenvalue weighted by Crippen LogP contribution is -1.99. The van der Waals surface area contributed by atoms with Crippen LogP contribution in [0.2, 0.25) is 0 Å². The standard InChI is InChI=1S/C15H21N3/c1-2-4-8(3-1)14-16-15(18-17-14)13-11-9-5-6-10(7-9)12(11)13/h8-13H,1-7H2,(H,16,17,18). The van der Waals surface area contributed by atoms with Crippen LogP contribution in [0.15, 0.2) is 0 Å². The van der Waals surface area contributed by atoms with Crippen LogP contribution in [0.25, 0.3) is 0 Å². The van der Waals surface area contributed by atoms with Gasteiger partial charge < -0.3 is 0 Å². The van der Waals surface area contributed by atoms with E-state index in [1.807, 2.05) is 0 Å². The minimum atomic E-state index is 0.658. The van der Waals surface area contributed by atoms with Crippen LogP contribution in [-0.2, 0) is 0 Å². The highest BCUT2D eigenvalue weighted by molar-refractivity contribution is 5.24. The van der Waals surface area contributed by atoms with Crippen molar-refractivity contribution in [1.29, 1.82) is 0 Å². The van der Waals surface area contributed by atoms with Crippen molar-refractivity contribution in [1.82, 2.24) is 15.2 Å². The average molecular weight is 243 g/mol. The molecule has 0 spiro atoms. The van der Waals surface area contributed by atoms with E-state index in [1.165, 1.54) is 50.8 Å². The number of nitrogens with zero attached hydrogens (tertiary/aromatic N) is 2. The van der Waals surface area contributed by atoms with Crippen LogP contribution in [-0.4, -0.2) is 15.2 Å². The topological polar surface area (TPSA) is 41.6 Å². The highest BCUT2D eigenvalue weighted by Crippen LogP contribution is 2.72. The Labute approximate surface area is 108 Å². The Balaban J connectivity index is 1.39. The summed E-state index contributed by atoms with van der Waals surface area (Å²) in [6, 6.07) is 0. The molecule has 5 rings (SSSR count). The molecule has 1 heterocycles. The van der Waals surface area contributed by atoms with Gasteiger partial charge in [0.25, 0.3) is 0 Å². The second-order valence-corrected chi connectivity index (χ2v) is 7.07. The molecular weight excluding hydrogens is 222 g/mol. The molecule has 0 saturated heterocycles. The third-order valence-corrected chi connectivity index (χ3v) is 6.29. The Bertz CT molecular complexity index is 458. The highest BCUT2D eigenvalue weighted by atomic mass is 15.2. The number of nitrogens with one attached hydrogen (secondary N) is 1. The van der Waals surface area contributed by atoms with E-state index < -0.39 is 0 Å². The highest BCUT2D eigenvalue weighted by Gasteiger charge is 2.66. The van der Waals surface area contributed by atoms with E-state index >= 15 is 0 Å². The van der Waals surface area contributed by atoms with Gasteiger partial charge in [-0.3, -0.25) is 5.10 Å². The third-order valence-electron chi connectivity index (χ3n) is 6.29. The molecule has 1 aromatic heterocycles. The van der Waals surface area contributed by atoms with E-state index in [-0.39, 0.29) is 0 Å². The van der Waals surface area contributed by atoms with Gasteiger partial charge in [-0.2, -0.15) is 5.10 Å². The second-order valence-electron chi connectivity index (χ2n) is 7.07. The molecule has 1 aromatic rings. The first-order chi connectivity index (χ1) is 8.92. The van der Waals surface area contributed by atoms with Crippen LogP contribution in [0.3, 0.4) is 0 Å². The number of H-pyrrole nitrogens is 1. The van der Waals surface area contributed by atoms with E-state index in [0.717, 1.165) is 35.4 Å². The molecule has 4 saturated carbocycles. The van der Waals surface area contributed by atoms with Gasteiger partial charge in [0.2, 0.25) is 0 Å². The number of aromatic amines is 1. The molecule has 3 nitrogen and oxygen atoms in total. The quantitative estimate of drug-likeness (QED) is 0.866. The summed E-state index contributed by atoms with van der Waals surface area (Å²) < 4.78 is 0. The fraction of sp³-hybridized carbons (Fsp3) is 0.867. The van der Waals surface area contributed by atoms with E-state index in [0.29, 0.717) is 5.92 Å². The van der Waals surface area contributed by atoms with Crippen molar-refractivity contribution < 1.29 is 0 Å². The fourth-order valence-electron chi connectivity index (χ4n) is 5.49. The minimum Gasteiger partial charge on any atom is -0.263 e. The summed E-state index contributed by atoms with van der Waals surface area (Å²) in [6.45, 7) is 0. The van der Waals surface area contributed by atoms with Crippen LogP contribution >= 0.6 is 0 Å². The molecule has 4 aliphatic carbocycles. The molecule has 4 aliphatic rings. The van der Waals surface area contributed by atoms with Crippen LogP contribution in [0.5, 0.6) is 0 Å². The second kappa shape index (κ2) is 3.37. The minimum absolute atomic E-state index is 0.658. The molecule has 0 aliphatic heterocycles. The average Bonchev–Trinajstić information content (AvgIpc) is 2.97. The predicted molar refractivity (Wildman–Crippen MR) is 68.1 cm³/mol. The van der Waals surface area contributed by atoms with E-state index in [1.54, 1.807) is 0 Å². The maximum atomic E-state index is 4.87. The van der Waals surface area contributed by atoms with Crippen molar-refractivity contribution in [2.24, 2.45) is 23.7 Å². The summed E-state index contributed by atoms with van der Waals surface area (Å²) in [4.78, 5) is 4.87. The first-order valence-corrected chi connectivity index (χ1v) is 7.84. The summed E-state index contributed by atoms with van der Waals surface area (Å²) in [5.41, 5.74) is 0. The Morgan fingerprint density at radius 3 is 2.39 bits per heavy atom. The van der Waals surface area contributed by atoms with Gasteiger partial charge in [0.05, 0.1) is 0 Å². The molecule has 3 heteroatoms. The summed E-state index contributed by atoms with van der Waals surface area (Å²) in [6.07, 6.45) is 9.86. The summed E-state index contributed by atoms with van der Waals surface area (Å²) in [5, 5.41) is 7.80. The largest absolute Gasteiger partial charge is 0.263 e. The maximum Gasteiger partial charge on any atom is 0.153 e. The first-order valence-electron chi connectivity index (χ1n) is 7.84. The number of fused-ring (bicyclic) bond motifs is 5. The molecule has 1 N–H and O–H groups in total. The van der Waals surface area contributed by atoms with Crippen molar-refractivity contribution in [2.45, 2.75) is 56.8 Å². The lowest BCUT2D eigenvalue weighted by molar-refractivity contribution is 0.456. The van der Waals surface area contributed by atoms with Crippen LogP contribution in [0.4, 0.5) is 0 Å². The molecule has 18 heavy (non-hydrogen) atoms. The number of rotatable bonds is 2. The van der Waals surface area contributed by atoms with Crippen molar-refractivity contribution >= 4 is 0 Å². The lowest BCUT2D eigenvalue weighted by atomic mass is 10.0. The van der Waals surface area contributed by atoms with Crippen molar-refractivity contribution in [3.63, 3.8) is 0 Å². The third kappa shape index (κ3) is 1.20. The van der Waals surface area contributed by atoms with Gasteiger partial charge in [0.1, 0.15) is 5.82 Å². The van der Waals surface area contributed by atoms with Gasteiger partial charge in [-0.1, -0.05) is 12.8 Å². The molecule has 0 radical (unpaired) electrons. The molecule has 0 amide bonds. The zero-order valence-electron chi connectivity index (χ0n) is 10.8.